The van der Waals surface area contributed by atoms with E-state index < -0.39 is 11.7 Å². The smallest absolute Gasteiger partial charge is 0.417 e. The summed E-state index contributed by atoms with van der Waals surface area (Å²) in [5.74, 6) is 0.200. The third kappa shape index (κ3) is 2.80. The molecule has 8 heteroatoms. The van der Waals surface area contributed by atoms with Crippen LogP contribution in [0.3, 0.4) is 0 Å². The molecule has 0 fully saturated rings. The lowest BCUT2D eigenvalue weighted by Crippen LogP contribution is -2.06. The molecule has 24 heavy (non-hydrogen) atoms. The summed E-state index contributed by atoms with van der Waals surface area (Å²) in [7, 11) is 1.57. The largest absolute Gasteiger partial charge is 0.504 e. The average Bonchev–Trinajstić information content (AvgIpc) is 3.14. The van der Waals surface area contributed by atoms with Crippen LogP contribution in [0.2, 0.25) is 0 Å². The molecule has 126 valence electrons. The number of nitrogens with one attached hydrogen (secondary N) is 1. The van der Waals surface area contributed by atoms with Crippen molar-refractivity contribution in [2.75, 3.05) is 12.4 Å². The van der Waals surface area contributed by atoms with E-state index in [2.05, 4.69) is 21.2 Å². The van der Waals surface area contributed by atoms with Crippen molar-refractivity contribution in [1.82, 2.24) is 0 Å². The van der Waals surface area contributed by atoms with Crippen LogP contribution in [0.15, 0.2) is 44.6 Å². The van der Waals surface area contributed by atoms with E-state index in [0.29, 0.717) is 4.88 Å². The third-order valence-electron chi connectivity index (χ3n) is 3.43. The van der Waals surface area contributed by atoms with Gasteiger partial charge in [0.2, 0.25) is 5.88 Å². The highest BCUT2D eigenvalue weighted by Gasteiger charge is 2.35. The molecule has 2 heterocycles. The van der Waals surface area contributed by atoms with Gasteiger partial charge in [-0.25, -0.2) is 0 Å². The quantitative estimate of drug-likeness (QED) is 0.532. The summed E-state index contributed by atoms with van der Waals surface area (Å²) in [5.41, 5.74) is -0.447. The number of anilines is 1. The van der Waals surface area contributed by atoms with Crippen LogP contribution >= 0.6 is 27.3 Å². The topological polar surface area (TPSA) is 45.4 Å². The Kier molecular flexibility index (Phi) is 4.35. The SMILES string of the molecule is CNc1oc(-c2cccs2)c(O)c1-c1cccc(C(F)(F)F)c1Br. The highest BCUT2D eigenvalue weighted by Crippen LogP contribution is 2.50. The summed E-state index contributed by atoms with van der Waals surface area (Å²) < 4.78 is 44.8. The van der Waals surface area contributed by atoms with E-state index in [4.69, 9.17) is 4.42 Å². The van der Waals surface area contributed by atoms with E-state index in [-0.39, 0.29) is 33.0 Å². The second-order valence-electron chi connectivity index (χ2n) is 4.88. The molecule has 0 radical (unpaired) electrons. The number of thiophene rings is 1. The molecule has 0 aliphatic carbocycles. The summed E-state index contributed by atoms with van der Waals surface area (Å²) in [5, 5.41) is 15.1. The molecule has 0 aliphatic rings. The van der Waals surface area contributed by atoms with Crippen molar-refractivity contribution in [3.8, 4) is 27.5 Å². The lowest BCUT2D eigenvalue weighted by atomic mass is 10.0. The molecule has 3 rings (SSSR count). The molecule has 0 atom stereocenters. The zero-order valence-corrected chi connectivity index (χ0v) is 14.6. The number of halogens is 4. The van der Waals surface area contributed by atoms with E-state index in [1.54, 1.807) is 19.2 Å². The van der Waals surface area contributed by atoms with E-state index in [9.17, 15) is 18.3 Å². The fraction of sp³-hybridized carbons (Fsp3) is 0.125. The molecule has 0 saturated carbocycles. The Labute approximate surface area is 147 Å². The van der Waals surface area contributed by atoms with E-state index >= 15 is 0 Å². The van der Waals surface area contributed by atoms with Crippen LogP contribution in [0.1, 0.15) is 5.56 Å². The van der Waals surface area contributed by atoms with Crippen LogP contribution in [0.4, 0.5) is 19.1 Å². The molecular weight excluding hydrogens is 407 g/mol. The monoisotopic (exact) mass is 417 g/mol. The molecule has 3 nitrogen and oxygen atoms in total. The molecule has 2 aromatic heterocycles. The normalized spacial score (nSPS) is 11.7. The number of alkyl halides is 3. The third-order valence-corrected chi connectivity index (χ3v) is 5.15. The Morgan fingerprint density at radius 3 is 2.54 bits per heavy atom. The predicted octanol–water partition coefficient (Wildman–Crippen LogP) is 6.20. The van der Waals surface area contributed by atoms with Gasteiger partial charge in [-0.1, -0.05) is 18.2 Å². The Bertz CT molecular complexity index is 872. The first-order valence-electron chi connectivity index (χ1n) is 6.78. The van der Waals surface area contributed by atoms with Gasteiger partial charge in [0.15, 0.2) is 11.5 Å². The van der Waals surface area contributed by atoms with Crippen molar-refractivity contribution in [3.63, 3.8) is 0 Å². The van der Waals surface area contributed by atoms with Crippen molar-refractivity contribution in [2.45, 2.75) is 6.18 Å². The number of hydrogen-bond acceptors (Lipinski definition) is 4. The average molecular weight is 418 g/mol. The van der Waals surface area contributed by atoms with Gasteiger partial charge in [-0.05, 0) is 33.4 Å². The number of hydrogen-bond donors (Lipinski definition) is 2. The minimum atomic E-state index is -4.51. The van der Waals surface area contributed by atoms with Crippen LogP contribution < -0.4 is 5.32 Å². The van der Waals surface area contributed by atoms with Gasteiger partial charge in [0.1, 0.15) is 0 Å². The van der Waals surface area contributed by atoms with Gasteiger partial charge >= 0.3 is 6.18 Å². The highest BCUT2D eigenvalue weighted by molar-refractivity contribution is 9.10. The first-order valence-corrected chi connectivity index (χ1v) is 8.45. The number of furan rings is 1. The maximum Gasteiger partial charge on any atom is 0.417 e. The molecule has 1 aromatic carbocycles. The molecule has 0 bridgehead atoms. The molecule has 0 spiro atoms. The number of aromatic hydroxyl groups is 1. The number of rotatable bonds is 3. The van der Waals surface area contributed by atoms with Gasteiger partial charge in [-0.15, -0.1) is 11.3 Å². The zero-order valence-electron chi connectivity index (χ0n) is 12.2. The zero-order chi connectivity index (χ0) is 17.5. The standard InChI is InChI=1S/C16H11BrF3NO2S/c1-21-15-11(13(22)14(23-15)10-6-3-7-24-10)8-4-2-5-9(12(8)17)16(18,19)20/h2-7,21-22H,1H3. The van der Waals surface area contributed by atoms with E-state index in [0.717, 1.165) is 6.07 Å². The van der Waals surface area contributed by atoms with Crippen molar-refractivity contribution < 1.29 is 22.7 Å². The van der Waals surface area contributed by atoms with E-state index in [1.807, 2.05) is 5.38 Å². The summed E-state index contributed by atoms with van der Waals surface area (Å²) >= 11 is 4.37. The Morgan fingerprint density at radius 2 is 1.96 bits per heavy atom. The van der Waals surface area contributed by atoms with Crippen molar-refractivity contribution in [1.29, 1.82) is 0 Å². The fourth-order valence-electron chi connectivity index (χ4n) is 2.37. The summed E-state index contributed by atoms with van der Waals surface area (Å²) in [6.07, 6.45) is -4.51. The minimum Gasteiger partial charge on any atom is -0.504 e. The van der Waals surface area contributed by atoms with Gasteiger partial charge in [0.25, 0.3) is 0 Å². The Hall–Kier alpha value is -1.93. The number of benzene rings is 1. The van der Waals surface area contributed by atoms with Gasteiger partial charge in [0.05, 0.1) is 16.0 Å². The first kappa shape index (κ1) is 16.9. The van der Waals surface area contributed by atoms with Crippen LogP contribution in [0.25, 0.3) is 21.8 Å². The summed E-state index contributed by atoms with van der Waals surface area (Å²) in [4.78, 5) is 0.679. The Morgan fingerprint density at radius 1 is 1.21 bits per heavy atom. The molecule has 0 amide bonds. The predicted molar refractivity (Wildman–Crippen MR) is 91.4 cm³/mol. The highest BCUT2D eigenvalue weighted by atomic mass is 79.9. The first-order chi connectivity index (χ1) is 11.3. The second-order valence-corrected chi connectivity index (χ2v) is 6.62. The fourth-order valence-corrected chi connectivity index (χ4v) is 3.76. The summed E-state index contributed by atoms with van der Waals surface area (Å²) in [6.45, 7) is 0. The Balaban J connectivity index is 2.24. The molecular formula is C16H11BrF3NO2S. The molecule has 2 N–H and O–H groups in total. The van der Waals surface area contributed by atoms with Gasteiger partial charge in [0, 0.05) is 17.1 Å². The van der Waals surface area contributed by atoms with Gasteiger partial charge < -0.3 is 14.8 Å². The van der Waals surface area contributed by atoms with Crippen molar-refractivity contribution in [3.05, 3.63) is 45.7 Å². The minimum absolute atomic E-state index is 0.150. The van der Waals surface area contributed by atoms with Crippen LogP contribution in [-0.4, -0.2) is 12.2 Å². The molecule has 0 saturated heterocycles. The van der Waals surface area contributed by atoms with E-state index in [1.165, 1.54) is 23.5 Å². The van der Waals surface area contributed by atoms with Crippen LogP contribution in [0, 0.1) is 0 Å². The van der Waals surface area contributed by atoms with Crippen molar-refractivity contribution in [2.24, 2.45) is 0 Å². The maximum absolute atomic E-state index is 13.1. The lowest BCUT2D eigenvalue weighted by molar-refractivity contribution is -0.138. The molecule has 0 unspecified atom stereocenters. The summed E-state index contributed by atoms with van der Waals surface area (Å²) in [6, 6.07) is 7.31. The second kappa shape index (κ2) is 6.18. The van der Waals surface area contributed by atoms with Gasteiger partial charge in [-0.2, -0.15) is 13.2 Å². The molecule has 0 aliphatic heterocycles. The van der Waals surface area contributed by atoms with Gasteiger partial charge in [-0.3, -0.25) is 0 Å². The maximum atomic E-state index is 13.1. The molecule has 3 aromatic rings. The van der Waals surface area contributed by atoms with Crippen LogP contribution in [0.5, 0.6) is 5.75 Å². The van der Waals surface area contributed by atoms with Crippen molar-refractivity contribution >= 4 is 33.2 Å². The lowest BCUT2D eigenvalue weighted by Gasteiger charge is -2.12. The van der Waals surface area contributed by atoms with Crippen LogP contribution in [-0.2, 0) is 6.18 Å².